The lowest BCUT2D eigenvalue weighted by molar-refractivity contribution is 0.301. The van der Waals surface area contributed by atoms with Crippen LogP contribution in [0.4, 0.5) is 0 Å². The van der Waals surface area contributed by atoms with Gasteiger partial charge in [0, 0.05) is 0 Å². The largest absolute Gasteiger partial charge is 0.494 e. The second-order valence-electron chi connectivity index (χ2n) is 6.15. The van der Waals surface area contributed by atoms with Crippen molar-refractivity contribution in [2.24, 2.45) is 0 Å². The Morgan fingerprint density at radius 3 is 1.12 bits per heavy atom. The van der Waals surface area contributed by atoms with Gasteiger partial charge in [-0.1, -0.05) is 74.9 Å². The van der Waals surface area contributed by atoms with E-state index in [2.05, 4.69) is 0 Å². The fraction of sp³-hybridized carbons (Fsp3) is 0.455. The molecular formula is C22H30O2. The number of rotatable bonds is 13. The molecule has 0 aliphatic rings. The number of hydrogen-bond donors (Lipinski definition) is 0. The van der Waals surface area contributed by atoms with Gasteiger partial charge in [-0.3, -0.25) is 0 Å². The molecule has 24 heavy (non-hydrogen) atoms. The van der Waals surface area contributed by atoms with Crippen LogP contribution in [0.1, 0.15) is 51.4 Å². The Kier molecular flexibility index (Phi) is 9.54. The summed E-state index contributed by atoms with van der Waals surface area (Å²) in [6.07, 6.45) is 10.2. The fourth-order valence-electron chi connectivity index (χ4n) is 2.68. The van der Waals surface area contributed by atoms with E-state index in [4.69, 9.17) is 9.47 Å². The van der Waals surface area contributed by atoms with Crippen molar-refractivity contribution in [3.63, 3.8) is 0 Å². The van der Waals surface area contributed by atoms with Gasteiger partial charge in [0.15, 0.2) is 0 Å². The van der Waals surface area contributed by atoms with Crippen LogP contribution in [-0.4, -0.2) is 13.2 Å². The summed E-state index contributed by atoms with van der Waals surface area (Å²) in [4.78, 5) is 0. The minimum atomic E-state index is 0.834. The van der Waals surface area contributed by atoms with E-state index in [1.165, 1.54) is 38.5 Å². The first-order chi connectivity index (χ1) is 11.9. The van der Waals surface area contributed by atoms with Crippen molar-refractivity contribution in [1.82, 2.24) is 0 Å². The lowest BCUT2D eigenvalue weighted by atomic mass is 10.1. The van der Waals surface area contributed by atoms with Gasteiger partial charge in [-0.2, -0.15) is 0 Å². The Morgan fingerprint density at radius 1 is 0.417 bits per heavy atom. The predicted octanol–water partition coefficient (Wildman–Crippen LogP) is 6.27. The van der Waals surface area contributed by atoms with Crippen molar-refractivity contribution in [3.05, 3.63) is 60.7 Å². The zero-order chi connectivity index (χ0) is 16.7. The second-order valence-corrected chi connectivity index (χ2v) is 6.15. The molecule has 0 aliphatic heterocycles. The number of para-hydroxylation sites is 2. The first-order valence-corrected chi connectivity index (χ1v) is 9.31. The molecule has 0 aromatic heterocycles. The Balaban J connectivity index is 1.32. The van der Waals surface area contributed by atoms with Crippen molar-refractivity contribution in [2.45, 2.75) is 51.4 Å². The first-order valence-electron chi connectivity index (χ1n) is 9.31. The van der Waals surface area contributed by atoms with Crippen molar-refractivity contribution in [1.29, 1.82) is 0 Å². The highest BCUT2D eigenvalue weighted by Gasteiger charge is 1.95. The number of unbranched alkanes of at least 4 members (excludes halogenated alkanes) is 7. The summed E-state index contributed by atoms with van der Waals surface area (Å²) in [5.41, 5.74) is 0. The lowest BCUT2D eigenvalue weighted by Gasteiger charge is -2.06. The quantitative estimate of drug-likeness (QED) is 0.404. The van der Waals surface area contributed by atoms with Crippen LogP contribution in [0.3, 0.4) is 0 Å². The Labute approximate surface area is 146 Å². The van der Waals surface area contributed by atoms with Gasteiger partial charge in [-0.05, 0) is 37.1 Å². The van der Waals surface area contributed by atoms with Gasteiger partial charge >= 0.3 is 0 Å². The van der Waals surface area contributed by atoms with E-state index in [1.54, 1.807) is 0 Å². The molecule has 130 valence electrons. The molecule has 0 atom stereocenters. The summed E-state index contributed by atoms with van der Waals surface area (Å²) < 4.78 is 11.4. The predicted molar refractivity (Wildman–Crippen MR) is 101 cm³/mol. The molecule has 2 aromatic carbocycles. The van der Waals surface area contributed by atoms with E-state index in [0.29, 0.717) is 0 Å². The van der Waals surface area contributed by atoms with E-state index in [-0.39, 0.29) is 0 Å². The molecule has 0 unspecified atom stereocenters. The molecule has 2 nitrogen and oxygen atoms in total. The molecular weight excluding hydrogens is 296 g/mol. The maximum atomic E-state index is 5.70. The van der Waals surface area contributed by atoms with Gasteiger partial charge in [0.2, 0.25) is 0 Å². The van der Waals surface area contributed by atoms with Crippen LogP contribution >= 0.6 is 0 Å². The van der Waals surface area contributed by atoms with Gasteiger partial charge in [0.25, 0.3) is 0 Å². The molecule has 0 radical (unpaired) electrons. The zero-order valence-corrected chi connectivity index (χ0v) is 14.7. The van der Waals surface area contributed by atoms with Crippen LogP contribution in [0.25, 0.3) is 0 Å². The summed E-state index contributed by atoms with van der Waals surface area (Å²) in [6.45, 7) is 1.67. The normalized spacial score (nSPS) is 10.5. The molecule has 2 aromatic rings. The topological polar surface area (TPSA) is 18.5 Å². The zero-order valence-electron chi connectivity index (χ0n) is 14.7. The van der Waals surface area contributed by atoms with Crippen molar-refractivity contribution in [2.75, 3.05) is 13.2 Å². The smallest absolute Gasteiger partial charge is 0.119 e. The third kappa shape index (κ3) is 8.61. The molecule has 0 amide bonds. The minimum Gasteiger partial charge on any atom is -0.494 e. The molecule has 2 rings (SSSR count). The summed E-state index contributed by atoms with van der Waals surface area (Å²) in [7, 11) is 0. The number of benzene rings is 2. The third-order valence-corrected chi connectivity index (χ3v) is 4.06. The van der Waals surface area contributed by atoms with Gasteiger partial charge in [0.1, 0.15) is 11.5 Å². The highest BCUT2D eigenvalue weighted by Crippen LogP contribution is 2.12. The molecule has 0 bridgehead atoms. The second kappa shape index (κ2) is 12.5. The first kappa shape index (κ1) is 18.4. The Hall–Kier alpha value is -1.96. The maximum absolute atomic E-state index is 5.70. The highest BCUT2D eigenvalue weighted by atomic mass is 16.5. The molecule has 0 fully saturated rings. The van der Waals surface area contributed by atoms with Crippen molar-refractivity contribution >= 4 is 0 Å². The van der Waals surface area contributed by atoms with E-state index in [1.807, 2.05) is 60.7 Å². The summed E-state index contributed by atoms with van der Waals surface area (Å²) in [6, 6.07) is 20.1. The number of hydrogen-bond acceptors (Lipinski definition) is 2. The van der Waals surface area contributed by atoms with E-state index in [0.717, 1.165) is 37.6 Å². The van der Waals surface area contributed by atoms with Crippen LogP contribution in [0.15, 0.2) is 60.7 Å². The van der Waals surface area contributed by atoms with Crippen LogP contribution in [-0.2, 0) is 0 Å². The number of ether oxygens (including phenoxy) is 2. The standard InChI is InChI=1S/C22H30O2/c1(3-5-13-19-23-21-15-9-7-10-16-21)2-4-6-14-20-24-22-17-11-8-12-18-22/h7-12,15-18H,1-6,13-14,19-20H2. The van der Waals surface area contributed by atoms with Crippen LogP contribution < -0.4 is 9.47 Å². The molecule has 2 heteroatoms. The van der Waals surface area contributed by atoms with Crippen LogP contribution in [0.5, 0.6) is 11.5 Å². The summed E-state index contributed by atoms with van der Waals surface area (Å²) in [5, 5.41) is 0. The van der Waals surface area contributed by atoms with Crippen molar-refractivity contribution in [3.8, 4) is 11.5 Å². The van der Waals surface area contributed by atoms with E-state index in [9.17, 15) is 0 Å². The third-order valence-electron chi connectivity index (χ3n) is 4.06. The molecule has 0 saturated heterocycles. The Bertz CT molecular complexity index is 461. The van der Waals surface area contributed by atoms with Gasteiger partial charge in [-0.25, -0.2) is 0 Å². The van der Waals surface area contributed by atoms with E-state index >= 15 is 0 Å². The average Bonchev–Trinajstić information content (AvgIpc) is 2.64. The van der Waals surface area contributed by atoms with Crippen LogP contribution in [0.2, 0.25) is 0 Å². The molecule has 0 aliphatic carbocycles. The van der Waals surface area contributed by atoms with E-state index < -0.39 is 0 Å². The van der Waals surface area contributed by atoms with Crippen LogP contribution in [0, 0.1) is 0 Å². The minimum absolute atomic E-state index is 0.834. The molecule has 0 heterocycles. The molecule has 0 saturated carbocycles. The summed E-state index contributed by atoms with van der Waals surface area (Å²) >= 11 is 0. The van der Waals surface area contributed by atoms with Crippen molar-refractivity contribution < 1.29 is 9.47 Å². The lowest BCUT2D eigenvalue weighted by Crippen LogP contribution is -1.97. The van der Waals surface area contributed by atoms with Gasteiger partial charge < -0.3 is 9.47 Å². The maximum Gasteiger partial charge on any atom is 0.119 e. The molecule has 0 N–H and O–H groups in total. The fourth-order valence-corrected chi connectivity index (χ4v) is 2.68. The SMILES string of the molecule is c1ccc(OCCCCCCCCCCOc2ccccc2)cc1. The van der Waals surface area contributed by atoms with Gasteiger partial charge in [0.05, 0.1) is 13.2 Å². The Morgan fingerprint density at radius 2 is 0.750 bits per heavy atom. The highest BCUT2D eigenvalue weighted by molar-refractivity contribution is 5.21. The average molecular weight is 326 g/mol. The summed E-state index contributed by atoms with van der Waals surface area (Å²) in [5.74, 6) is 1.96. The molecule has 0 spiro atoms. The van der Waals surface area contributed by atoms with Gasteiger partial charge in [-0.15, -0.1) is 0 Å². The monoisotopic (exact) mass is 326 g/mol.